The van der Waals surface area contributed by atoms with Gasteiger partial charge in [-0.3, -0.25) is 9.69 Å². The number of unbranched alkanes of at least 4 members (excludes halogenated alkanes) is 1. The van der Waals surface area contributed by atoms with Crippen LogP contribution in [0.4, 0.5) is 0 Å². The van der Waals surface area contributed by atoms with Gasteiger partial charge in [-0.05, 0) is 50.1 Å². The van der Waals surface area contributed by atoms with Gasteiger partial charge in [0.15, 0.2) is 0 Å². The summed E-state index contributed by atoms with van der Waals surface area (Å²) >= 11 is 0. The second-order valence-electron chi connectivity index (χ2n) is 7.37. The quantitative estimate of drug-likeness (QED) is 0.800. The van der Waals surface area contributed by atoms with Crippen molar-refractivity contribution in [2.45, 2.75) is 72.8 Å². The molecule has 0 heterocycles. The summed E-state index contributed by atoms with van der Waals surface area (Å²) < 4.78 is 0. The zero-order valence-electron chi connectivity index (χ0n) is 14.0. The molecule has 3 heteroatoms. The normalized spacial score (nSPS) is 27.8. The molecule has 118 valence electrons. The first-order valence-corrected chi connectivity index (χ1v) is 8.28. The van der Waals surface area contributed by atoms with Gasteiger partial charge in [0.1, 0.15) is 0 Å². The molecule has 0 aromatic rings. The largest absolute Gasteiger partial charge is 0.481 e. The van der Waals surface area contributed by atoms with E-state index < -0.39 is 5.97 Å². The van der Waals surface area contributed by atoms with Crippen molar-refractivity contribution >= 4 is 5.97 Å². The second kappa shape index (κ2) is 7.44. The standard InChI is InChI=1S/C17H33NO2/c1-6-8-11-18(7-2)15-12-13(17(3,4)5)9-10-14(15)16(19)20/h13-15H,6-12H2,1-5H3,(H,19,20). The van der Waals surface area contributed by atoms with Crippen LogP contribution in [0.25, 0.3) is 0 Å². The van der Waals surface area contributed by atoms with Crippen LogP contribution in [0.1, 0.15) is 66.7 Å². The number of aliphatic carboxylic acids is 1. The first-order valence-electron chi connectivity index (χ1n) is 8.28. The fourth-order valence-corrected chi connectivity index (χ4v) is 3.54. The molecule has 0 bridgehead atoms. The Balaban J connectivity index is 2.84. The Morgan fingerprint density at radius 3 is 2.35 bits per heavy atom. The fraction of sp³-hybridized carbons (Fsp3) is 0.941. The van der Waals surface area contributed by atoms with E-state index in [2.05, 4.69) is 39.5 Å². The van der Waals surface area contributed by atoms with Crippen molar-refractivity contribution in [1.29, 1.82) is 0 Å². The first kappa shape index (κ1) is 17.5. The smallest absolute Gasteiger partial charge is 0.308 e. The summed E-state index contributed by atoms with van der Waals surface area (Å²) in [6.07, 6.45) is 5.27. The van der Waals surface area contributed by atoms with Crippen LogP contribution in [0, 0.1) is 17.3 Å². The van der Waals surface area contributed by atoms with Gasteiger partial charge in [0.25, 0.3) is 0 Å². The maximum atomic E-state index is 11.6. The Morgan fingerprint density at radius 2 is 1.90 bits per heavy atom. The molecule has 1 fully saturated rings. The lowest BCUT2D eigenvalue weighted by Crippen LogP contribution is -2.49. The van der Waals surface area contributed by atoms with Crippen molar-refractivity contribution in [2.24, 2.45) is 17.3 Å². The molecule has 1 rings (SSSR count). The fourth-order valence-electron chi connectivity index (χ4n) is 3.54. The minimum Gasteiger partial charge on any atom is -0.481 e. The zero-order valence-corrected chi connectivity index (χ0v) is 14.0. The molecule has 1 aliphatic carbocycles. The van der Waals surface area contributed by atoms with Crippen LogP contribution >= 0.6 is 0 Å². The molecule has 1 N–H and O–H groups in total. The van der Waals surface area contributed by atoms with Gasteiger partial charge in [0.2, 0.25) is 0 Å². The van der Waals surface area contributed by atoms with E-state index in [-0.39, 0.29) is 17.4 Å². The molecule has 0 aromatic heterocycles. The van der Waals surface area contributed by atoms with Crippen LogP contribution in [0.5, 0.6) is 0 Å². The van der Waals surface area contributed by atoms with E-state index in [4.69, 9.17) is 0 Å². The van der Waals surface area contributed by atoms with Crippen LogP contribution in [0.15, 0.2) is 0 Å². The second-order valence-corrected chi connectivity index (χ2v) is 7.37. The number of hydrogen-bond donors (Lipinski definition) is 1. The summed E-state index contributed by atoms with van der Waals surface area (Å²) in [5.41, 5.74) is 0.284. The molecule has 1 aliphatic rings. The van der Waals surface area contributed by atoms with Gasteiger partial charge in [-0.25, -0.2) is 0 Å². The summed E-state index contributed by atoms with van der Waals surface area (Å²) in [7, 11) is 0. The monoisotopic (exact) mass is 283 g/mol. The van der Waals surface area contributed by atoms with Gasteiger partial charge >= 0.3 is 5.97 Å². The summed E-state index contributed by atoms with van der Waals surface area (Å²) in [6, 6.07) is 0.224. The summed E-state index contributed by atoms with van der Waals surface area (Å²) in [5, 5.41) is 9.54. The van der Waals surface area contributed by atoms with Crippen LogP contribution in [0.2, 0.25) is 0 Å². The molecular formula is C17H33NO2. The molecule has 0 spiro atoms. The van der Waals surface area contributed by atoms with Crippen molar-refractivity contribution in [2.75, 3.05) is 13.1 Å². The summed E-state index contributed by atoms with van der Waals surface area (Å²) in [6.45, 7) is 13.2. The molecule has 20 heavy (non-hydrogen) atoms. The Labute approximate surface area is 124 Å². The lowest BCUT2D eigenvalue weighted by molar-refractivity contribution is -0.147. The summed E-state index contributed by atoms with van der Waals surface area (Å²) in [5.74, 6) is -0.138. The van der Waals surface area contributed by atoms with Crippen molar-refractivity contribution in [1.82, 2.24) is 4.90 Å². The third kappa shape index (κ3) is 4.47. The maximum absolute atomic E-state index is 11.6. The van der Waals surface area contributed by atoms with Gasteiger partial charge in [-0.2, -0.15) is 0 Å². The van der Waals surface area contributed by atoms with Crippen LogP contribution < -0.4 is 0 Å². The molecule has 3 nitrogen and oxygen atoms in total. The van der Waals surface area contributed by atoms with E-state index in [1.807, 2.05) is 0 Å². The predicted molar refractivity (Wildman–Crippen MR) is 83.9 cm³/mol. The van der Waals surface area contributed by atoms with E-state index >= 15 is 0 Å². The highest BCUT2D eigenvalue weighted by molar-refractivity contribution is 5.71. The molecule has 0 aromatic carbocycles. The molecule has 1 saturated carbocycles. The first-order chi connectivity index (χ1) is 9.31. The average molecular weight is 283 g/mol. The highest BCUT2D eigenvalue weighted by Crippen LogP contribution is 2.41. The van der Waals surface area contributed by atoms with Crippen LogP contribution in [0.3, 0.4) is 0 Å². The van der Waals surface area contributed by atoms with Gasteiger partial charge in [-0.15, -0.1) is 0 Å². The Bertz CT molecular complexity index is 309. The molecule has 0 saturated heterocycles. The Hall–Kier alpha value is -0.570. The predicted octanol–water partition coefficient (Wildman–Crippen LogP) is 4.02. The van der Waals surface area contributed by atoms with E-state index in [1.165, 1.54) is 6.42 Å². The lowest BCUT2D eigenvalue weighted by atomic mass is 9.67. The van der Waals surface area contributed by atoms with E-state index in [0.29, 0.717) is 5.92 Å². The molecule has 0 radical (unpaired) electrons. The molecule has 0 amide bonds. The van der Waals surface area contributed by atoms with Crippen molar-refractivity contribution in [3.63, 3.8) is 0 Å². The van der Waals surface area contributed by atoms with E-state index in [0.717, 1.165) is 38.8 Å². The van der Waals surface area contributed by atoms with Gasteiger partial charge < -0.3 is 5.11 Å². The van der Waals surface area contributed by atoms with Crippen molar-refractivity contribution in [3.05, 3.63) is 0 Å². The highest BCUT2D eigenvalue weighted by atomic mass is 16.4. The number of carboxylic acid groups (broad SMARTS) is 1. The Morgan fingerprint density at radius 1 is 1.25 bits per heavy atom. The van der Waals surface area contributed by atoms with Gasteiger partial charge in [-0.1, -0.05) is 41.0 Å². The molecular weight excluding hydrogens is 250 g/mol. The minimum atomic E-state index is -0.600. The van der Waals surface area contributed by atoms with Crippen molar-refractivity contribution in [3.8, 4) is 0 Å². The number of carbonyl (C=O) groups is 1. The number of nitrogens with zero attached hydrogens (tertiary/aromatic N) is 1. The summed E-state index contributed by atoms with van der Waals surface area (Å²) in [4.78, 5) is 14.0. The van der Waals surface area contributed by atoms with Crippen molar-refractivity contribution < 1.29 is 9.90 Å². The highest BCUT2D eigenvalue weighted by Gasteiger charge is 2.41. The topological polar surface area (TPSA) is 40.5 Å². The zero-order chi connectivity index (χ0) is 15.3. The van der Waals surface area contributed by atoms with E-state index in [9.17, 15) is 9.90 Å². The molecule has 3 atom stereocenters. The van der Waals surface area contributed by atoms with E-state index in [1.54, 1.807) is 0 Å². The SMILES string of the molecule is CCCCN(CC)C1CC(C(C)(C)C)CCC1C(=O)O. The third-order valence-electron chi connectivity index (χ3n) is 5.03. The lowest BCUT2D eigenvalue weighted by Gasteiger charge is -2.44. The third-order valence-corrected chi connectivity index (χ3v) is 5.03. The van der Waals surface area contributed by atoms with Crippen LogP contribution in [-0.2, 0) is 4.79 Å². The van der Waals surface area contributed by atoms with Gasteiger partial charge in [0.05, 0.1) is 5.92 Å². The van der Waals surface area contributed by atoms with Crippen LogP contribution in [-0.4, -0.2) is 35.1 Å². The number of rotatable bonds is 6. The average Bonchev–Trinajstić information content (AvgIpc) is 2.38. The minimum absolute atomic E-state index is 0.176. The number of hydrogen-bond acceptors (Lipinski definition) is 2. The number of carboxylic acids is 1. The Kier molecular flexibility index (Phi) is 6.50. The maximum Gasteiger partial charge on any atom is 0.308 e. The molecule has 3 unspecified atom stereocenters. The van der Waals surface area contributed by atoms with Gasteiger partial charge in [0, 0.05) is 6.04 Å². The molecule has 0 aliphatic heterocycles.